The first-order chi connectivity index (χ1) is 6.85. The predicted octanol–water partition coefficient (Wildman–Crippen LogP) is 0.0966. The molecule has 5 nitrogen and oxygen atoms in total. The summed E-state index contributed by atoms with van der Waals surface area (Å²) in [6.07, 6.45) is -0.0792. The van der Waals surface area contributed by atoms with Gasteiger partial charge in [0.1, 0.15) is 0 Å². The largest absolute Gasteiger partial charge is 0.454 e. The van der Waals surface area contributed by atoms with Gasteiger partial charge in [-0.25, -0.2) is 5.43 Å². The monoisotopic (exact) mass is 195 g/mol. The Hall–Kier alpha value is -1.30. The van der Waals surface area contributed by atoms with Crippen LogP contribution < -0.4 is 26.1 Å². The molecule has 2 rings (SSSR count). The van der Waals surface area contributed by atoms with Crippen LogP contribution in [0.5, 0.6) is 11.5 Å². The lowest BCUT2D eigenvalue weighted by atomic mass is 10.1. The maximum absolute atomic E-state index is 5.38. The number of benzene rings is 1. The molecule has 1 unspecified atom stereocenters. The number of hydrogen-bond donors (Lipinski definition) is 3. The summed E-state index contributed by atoms with van der Waals surface area (Å²) in [5, 5.41) is 3.03. The standard InChI is InChI=1S/C9H13N3O2/c1-11-9(12-10)6-2-3-7-8(4-6)14-5-13-7/h2-4,9,11-12H,5,10H2,1H3. The highest BCUT2D eigenvalue weighted by Gasteiger charge is 2.15. The molecule has 4 N–H and O–H groups in total. The van der Waals surface area contributed by atoms with Crippen LogP contribution >= 0.6 is 0 Å². The van der Waals surface area contributed by atoms with Crippen molar-refractivity contribution in [3.63, 3.8) is 0 Å². The molecule has 1 heterocycles. The normalized spacial score (nSPS) is 15.6. The fraction of sp³-hybridized carbons (Fsp3) is 0.333. The van der Waals surface area contributed by atoms with Crippen LogP contribution in [0.15, 0.2) is 18.2 Å². The molecule has 1 aliphatic rings. The summed E-state index contributed by atoms with van der Waals surface area (Å²) in [4.78, 5) is 0. The summed E-state index contributed by atoms with van der Waals surface area (Å²) in [6, 6.07) is 5.72. The highest BCUT2D eigenvalue weighted by atomic mass is 16.7. The molecule has 0 saturated heterocycles. The topological polar surface area (TPSA) is 68.5 Å². The van der Waals surface area contributed by atoms with Crippen LogP contribution in [0.4, 0.5) is 0 Å². The van der Waals surface area contributed by atoms with E-state index in [1.165, 1.54) is 0 Å². The van der Waals surface area contributed by atoms with Crippen LogP contribution in [-0.2, 0) is 0 Å². The zero-order valence-corrected chi connectivity index (χ0v) is 7.91. The fourth-order valence-electron chi connectivity index (χ4n) is 1.44. The molecule has 1 aromatic rings. The van der Waals surface area contributed by atoms with Gasteiger partial charge in [0, 0.05) is 0 Å². The quantitative estimate of drug-likeness (QED) is 0.362. The Morgan fingerprint density at radius 3 is 2.86 bits per heavy atom. The van der Waals surface area contributed by atoms with E-state index in [2.05, 4.69) is 10.7 Å². The summed E-state index contributed by atoms with van der Waals surface area (Å²) in [6.45, 7) is 0.291. The number of hydrazine groups is 1. The number of ether oxygens (including phenoxy) is 2. The summed E-state index contributed by atoms with van der Waals surface area (Å²) in [5.74, 6) is 6.92. The van der Waals surface area contributed by atoms with Gasteiger partial charge in [0.15, 0.2) is 11.5 Å². The third-order valence-corrected chi connectivity index (χ3v) is 2.19. The SMILES string of the molecule is CNC(NN)c1ccc2c(c1)OCO2. The van der Waals surface area contributed by atoms with E-state index in [4.69, 9.17) is 15.3 Å². The Labute approximate surface area is 82.2 Å². The van der Waals surface area contributed by atoms with Crippen molar-refractivity contribution in [1.29, 1.82) is 0 Å². The average molecular weight is 195 g/mol. The number of fused-ring (bicyclic) bond motifs is 1. The molecule has 0 saturated carbocycles. The minimum absolute atomic E-state index is 0.0792. The van der Waals surface area contributed by atoms with Crippen molar-refractivity contribution in [2.24, 2.45) is 5.84 Å². The molecule has 1 aliphatic heterocycles. The van der Waals surface area contributed by atoms with Gasteiger partial charge in [0.2, 0.25) is 6.79 Å². The van der Waals surface area contributed by atoms with E-state index in [-0.39, 0.29) is 6.17 Å². The van der Waals surface area contributed by atoms with E-state index in [1.54, 1.807) is 0 Å². The molecule has 0 spiro atoms. The van der Waals surface area contributed by atoms with Gasteiger partial charge in [-0.2, -0.15) is 0 Å². The second-order valence-electron chi connectivity index (χ2n) is 3.00. The number of nitrogens with one attached hydrogen (secondary N) is 2. The van der Waals surface area contributed by atoms with Crippen molar-refractivity contribution in [1.82, 2.24) is 10.7 Å². The molecule has 14 heavy (non-hydrogen) atoms. The van der Waals surface area contributed by atoms with Gasteiger partial charge in [-0.1, -0.05) is 6.07 Å². The number of rotatable bonds is 3. The summed E-state index contributed by atoms with van der Waals surface area (Å²) >= 11 is 0. The average Bonchev–Trinajstić information content (AvgIpc) is 2.66. The van der Waals surface area contributed by atoms with Crippen LogP contribution in [0.2, 0.25) is 0 Å². The maximum atomic E-state index is 5.38. The molecule has 0 amide bonds. The number of hydrogen-bond acceptors (Lipinski definition) is 5. The van der Waals surface area contributed by atoms with Crippen LogP contribution in [-0.4, -0.2) is 13.8 Å². The first kappa shape index (κ1) is 9.26. The van der Waals surface area contributed by atoms with Crippen LogP contribution in [0, 0.1) is 0 Å². The van der Waals surface area contributed by atoms with E-state index in [9.17, 15) is 0 Å². The lowest BCUT2D eigenvalue weighted by Gasteiger charge is -2.15. The van der Waals surface area contributed by atoms with Crippen LogP contribution in [0.25, 0.3) is 0 Å². The zero-order chi connectivity index (χ0) is 9.97. The van der Waals surface area contributed by atoms with E-state index < -0.39 is 0 Å². The molecule has 0 aromatic heterocycles. The number of nitrogens with two attached hydrogens (primary N) is 1. The first-order valence-corrected chi connectivity index (χ1v) is 4.38. The molecule has 0 fully saturated rings. The molecule has 5 heteroatoms. The lowest BCUT2D eigenvalue weighted by molar-refractivity contribution is 0.174. The summed E-state index contributed by atoms with van der Waals surface area (Å²) in [5.41, 5.74) is 3.66. The molecule has 0 bridgehead atoms. The molecule has 1 atom stereocenters. The Bertz CT molecular complexity index is 326. The van der Waals surface area contributed by atoms with Gasteiger partial charge in [-0.15, -0.1) is 0 Å². The van der Waals surface area contributed by atoms with Gasteiger partial charge in [0.25, 0.3) is 0 Å². The van der Waals surface area contributed by atoms with E-state index in [0.717, 1.165) is 17.1 Å². The minimum atomic E-state index is -0.0792. The molecule has 0 aliphatic carbocycles. The second-order valence-corrected chi connectivity index (χ2v) is 3.00. The van der Waals surface area contributed by atoms with Gasteiger partial charge in [-0.3, -0.25) is 5.84 Å². The third-order valence-electron chi connectivity index (χ3n) is 2.19. The Kier molecular flexibility index (Phi) is 2.53. The van der Waals surface area contributed by atoms with E-state index in [1.807, 2.05) is 25.2 Å². The molecule has 0 radical (unpaired) electrons. The fourth-order valence-corrected chi connectivity index (χ4v) is 1.44. The minimum Gasteiger partial charge on any atom is -0.454 e. The smallest absolute Gasteiger partial charge is 0.231 e. The van der Waals surface area contributed by atoms with Gasteiger partial charge < -0.3 is 14.8 Å². The van der Waals surface area contributed by atoms with E-state index >= 15 is 0 Å². The second kappa shape index (κ2) is 3.83. The van der Waals surface area contributed by atoms with Crippen molar-refractivity contribution >= 4 is 0 Å². The molecule has 1 aromatic carbocycles. The third kappa shape index (κ3) is 1.52. The van der Waals surface area contributed by atoms with Crippen molar-refractivity contribution < 1.29 is 9.47 Å². The summed E-state index contributed by atoms with van der Waals surface area (Å²) in [7, 11) is 1.83. The molecule has 76 valence electrons. The summed E-state index contributed by atoms with van der Waals surface area (Å²) < 4.78 is 10.5. The molecular formula is C9H13N3O2. The molecular weight excluding hydrogens is 182 g/mol. The lowest BCUT2D eigenvalue weighted by Crippen LogP contribution is -2.36. The van der Waals surface area contributed by atoms with Gasteiger partial charge >= 0.3 is 0 Å². The highest BCUT2D eigenvalue weighted by Crippen LogP contribution is 2.33. The van der Waals surface area contributed by atoms with Crippen molar-refractivity contribution in [3.8, 4) is 11.5 Å². The van der Waals surface area contributed by atoms with E-state index in [0.29, 0.717) is 6.79 Å². The highest BCUT2D eigenvalue weighted by molar-refractivity contribution is 5.45. The first-order valence-electron chi connectivity index (χ1n) is 4.38. The van der Waals surface area contributed by atoms with Crippen molar-refractivity contribution in [2.45, 2.75) is 6.17 Å². The van der Waals surface area contributed by atoms with Crippen molar-refractivity contribution in [3.05, 3.63) is 23.8 Å². The van der Waals surface area contributed by atoms with Crippen LogP contribution in [0.3, 0.4) is 0 Å². The Morgan fingerprint density at radius 1 is 1.36 bits per heavy atom. The van der Waals surface area contributed by atoms with Crippen LogP contribution in [0.1, 0.15) is 11.7 Å². The maximum Gasteiger partial charge on any atom is 0.231 e. The van der Waals surface area contributed by atoms with Crippen molar-refractivity contribution in [2.75, 3.05) is 13.8 Å². The Balaban J connectivity index is 2.27. The van der Waals surface area contributed by atoms with Gasteiger partial charge in [-0.05, 0) is 24.7 Å². The Morgan fingerprint density at radius 2 is 2.14 bits per heavy atom. The van der Waals surface area contributed by atoms with Gasteiger partial charge in [0.05, 0.1) is 6.17 Å². The zero-order valence-electron chi connectivity index (χ0n) is 7.91. The predicted molar refractivity (Wildman–Crippen MR) is 51.7 cm³/mol.